The highest BCUT2D eigenvalue weighted by molar-refractivity contribution is 5.61. The first-order valence-electron chi connectivity index (χ1n) is 3.28. The zero-order valence-electron chi connectivity index (χ0n) is 7.08. The third-order valence-corrected chi connectivity index (χ3v) is 1.64. The van der Waals surface area contributed by atoms with E-state index in [4.69, 9.17) is 9.57 Å². The number of hydrogen-bond acceptors (Lipinski definition) is 5. The van der Waals surface area contributed by atoms with Crippen LogP contribution < -0.4 is 20.7 Å². The highest BCUT2D eigenvalue weighted by atomic mass is 16.7. The fourth-order valence-corrected chi connectivity index (χ4v) is 0.925. The van der Waals surface area contributed by atoms with Gasteiger partial charge < -0.3 is 4.74 Å². The van der Waals surface area contributed by atoms with Crippen LogP contribution >= 0.6 is 0 Å². The zero-order chi connectivity index (χ0) is 9.30. The molecule has 1 rings (SSSR count). The first kappa shape index (κ1) is 8.73. The molecule has 0 aliphatic carbocycles. The van der Waals surface area contributed by atoms with Gasteiger partial charge in [0.2, 0.25) is 5.75 Å². The Morgan fingerprint density at radius 2 is 1.75 bits per heavy atom. The Labute approximate surface area is 68.8 Å². The molecule has 0 aliphatic rings. The molecule has 0 saturated carbocycles. The average molecular weight is 171 g/mol. The van der Waals surface area contributed by atoms with E-state index in [-0.39, 0.29) is 11.4 Å². The quantitative estimate of drug-likeness (QED) is 0.444. The van der Waals surface area contributed by atoms with Crippen molar-refractivity contribution in [2.75, 3.05) is 26.3 Å². The molecular weight excluding hydrogens is 162 g/mol. The maximum Gasteiger partial charge on any atom is 0.272 e. The summed E-state index contributed by atoms with van der Waals surface area (Å²) < 4.78 is 4.69. The summed E-state index contributed by atoms with van der Waals surface area (Å²) in [5, 5.41) is 1.20. The molecule has 0 radical (unpaired) electrons. The van der Waals surface area contributed by atoms with Crippen molar-refractivity contribution in [1.29, 1.82) is 0 Å². The lowest BCUT2D eigenvalue weighted by Crippen LogP contribution is -2.39. The van der Waals surface area contributed by atoms with Crippen LogP contribution in [0, 0.1) is 0 Å². The van der Waals surface area contributed by atoms with Crippen LogP contribution in [-0.4, -0.2) is 21.3 Å². The van der Waals surface area contributed by atoms with E-state index in [1.807, 2.05) is 0 Å². The van der Waals surface area contributed by atoms with E-state index >= 15 is 0 Å². The third kappa shape index (κ3) is 0.984. The minimum atomic E-state index is -0.601. The van der Waals surface area contributed by atoms with Gasteiger partial charge in [-0.2, -0.15) is 0 Å². The topological polar surface area (TPSA) is 55.8 Å². The molecule has 1 aromatic rings. The zero-order valence-corrected chi connectivity index (χ0v) is 7.08. The largest absolute Gasteiger partial charge is 0.490 e. The van der Waals surface area contributed by atoms with Crippen molar-refractivity contribution in [3.8, 4) is 5.75 Å². The van der Waals surface area contributed by atoms with Crippen LogP contribution in [0.5, 0.6) is 5.75 Å². The fraction of sp³-hybridized carbons (Fsp3) is 0.429. The van der Waals surface area contributed by atoms with Gasteiger partial charge in [-0.3, -0.25) is 14.4 Å². The molecule has 5 nitrogen and oxygen atoms in total. The first-order valence-corrected chi connectivity index (χ1v) is 3.28. The molecule has 0 aliphatic heterocycles. The van der Waals surface area contributed by atoms with Crippen molar-refractivity contribution in [3.63, 3.8) is 0 Å². The van der Waals surface area contributed by atoms with E-state index in [1.165, 1.54) is 26.3 Å². The van der Waals surface area contributed by atoms with Crippen molar-refractivity contribution >= 4 is 5.69 Å². The second-order valence-corrected chi connectivity index (χ2v) is 2.22. The van der Waals surface area contributed by atoms with Gasteiger partial charge in [-0.1, -0.05) is 0 Å². The number of hydrogen-bond donors (Lipinski definition) is 0. The Kier molecular flexibility index (Phi) is 2.14. The minimum absolute atomic E-state index is 0.0596. The van der Waals surface area contributed by atoms with Crippen molar-refractivity contribution in [3.05, 3.63) is 20.4 Å². The smallest absolute Gasteiger partial charge is 0.272 e. The van der Waals surface area contributed by atoms with E-state index in [2.05, 4.69) is 0 Å². The number of nitrogens with zero attached hydrogens (tertiary/aromatic N) is 1. The molecule has 66 valence electrons. The van der Waals surface area contributed by atoms with Gasteiger partial charge in [0.1, 0.15) is 0 Å². The van der Waals surface area contributed by atoms with Gasteiger partial charge in [-0.05, 0) is 0 Å². The second kappa shape index (κ2) is 2.94. The monoisotopic (exact) mass is 171 g/mol. The summed E-state index contributed by atoms with van der Waals surface area (Å²) in [4.78, 5) is 26.5. The van der Waals surface area contributed by atoms with Crippen LogP contribution in [-0.2, 0) is 4.84 Å². The lowest BCUT2D eigenvalue weighted by atomic mass is 10.2. The summed E-state index contributed by atoms with van der Waals surface area (Å²) in [6, 6.07) is 0. The van der Waals surface area contributed by atoms with Crippen LogP contribution in [0.25, 0.3) is 0 Å². The molecule has 12 heavy (non-hydrogen) atoms. The van der Waals surface area contributed by atoms with Crippen molar-refractivity contribution < 1.29 is 9.57 Å². The molecule has 0 N–H and O–H groups in total. The predicted octanol–water partition coefficient (Wildman–Crippen LogP) is -0.711. The third-order valence-electron chi connectivity index (χ3n) is 1.64. The summed E-state index contributed by atoms with van der Waals surface area (Å²) in [6.07, 6.45) is 0. The van der Waals surface area contributed by atoms with Gasteiger partial charge in [0.15, 0.2) is 5.69 Å². The number of ether oxygens (including phenoxy) is 1. The Morgan fingerprint density at radius 3 is 2.17 bits per heavy atom. The predicted molar refractivity (Wildman–Crippen MR) is 43.3 cm³/mol. The molecule has 1 aromatic carbocycles. The molecular formula is C7H9NO4. The number of hydroxylamine groups is 1. The highest BCUT2D eigenvalue weighted by Gasteiger charge is 2.24. The maximum absolute atomic E-state index is 10.9. The van der Waals surface area contributed by atoms with E-state index in [0.717, 1.165) is 0 Å². The van der Waals surface area contributed by atoms with Crippen LogP contribution in [0.4, 0.5) is 5.69 Å². The van der Waals surface area contributed by atoms with E-state index in [0.29, 0.717) is 0 Å². The molecule has 0 spiro atoms. The van der Waals surface area contributed by atoms with Crippen molar-refractivity contribution in [2.24, 2.45) is 0 Å². The van der Waals surface area contributed by atoms with Gasteiger partial charge in [-0.15, -0.1) is 0 Å². The van der Waals surface area contributed by atoms with Crippen LogP contribution in [0.2, 0.25) is 0 Å². The molecule has 0 heterocycles. The Balaban J connectivity index is 3.09. The molecule has 0 bridgehead atoms. The average Bonchev–Trinajstić information content (AvgIpc) is 2.11. The van der Waals surface area contributed by atoms with Crippen LogP contribution in [0.3, 0.4) is 0 Å². The van der Waals surface area contributed by atoms with E-state index in [1.54, 1.807) is 0 Å². The second-order valence-electron chi connectivity index (χ2n) is 2.22. The Bertz CT molecular complexity index is 350. The number of rotatable bonds is 3. The molecule has 0 fully saturated rings. The summed E-state index contributed by atoms with van der Waals surface area (Å²) in [5.74, 6) is 0.0596. The van der Waals surface area contributed by atoms with E-state index in [9.17, 15) is 9.59 Å². The number of anilines is 1. The van der Waals surface area contributed by atoms with Crippen molar-refractivity contribution in [2.45, 2.75) is 0 Å². The summed E-state index contributed by atoms with van der Waals surface area (Å²) in [5.41, 5.74) is -1.00. The molecule has 5 heteroatoms. The fourth-order valence-electron chi connectivity index (χ4n) is 0.925. The lowest BCUT2D eigenvalue weighted by Gasteiger charge is -2.18. The highest BCUT2D eigenvalue weighted by Crippen LogP contribution is 2.19. The normalized spacial score (nSPS) is 10.2. The molecule has 0 atom stereocenters. The van der Waals surface area contributed by atoms with Crippen molar-refractivity contribution in [1.82, 2.24) is 0 Å². The summed E-state index contributed by atoms with van der Waals surface area (Å²) in [7, 11) is 4.26. The Hall–Kier alpha value is -1.36. The minimum Gasteiger partial charge on any atom is -0.490 e. The summed E-state index contributed by atoms with van der Waals surface area (Å²) >= 11 is 0. The number of methoxy groups -OCH3 is 1. The summed E-state index contributed by atoms with van der Waals surface area (Å²) in [6.45, 7) is 0. The van der Waals surface area contributed by atoms with Gasteiger partial charge in [0.25, 0.3) is 10.9 Å². The van der Waals surface area contributed by atoms with Crippen LogP contribution in [0.15, 0.2) is 9.59 Å². The molecule has 0 amide bonds. The van der Waals surface area contributed by atoms with Gasteiger partial charge in [0.05, 0.1) is 14.2 Å². The van der Waals surface area contributed by atoms with Crippen LogP contribution in [0.1, 0.15) is 0 Å². The molecule has 0 saturated heterocycles. The van der Waals surface area contributed by atoms with Gasteiger partial charge in [0, 0.05) is 7.05 Å². The molecule has 0 aromatic heterocycles. The van der Waals surface area contributed by atoms with E-state index < -0.39 is 10.9 Å². The Morgan fingerprint density at radius 1 is 1.17 bits per heavy atom. The van der Waals surface area contributed by atoms with Gasteiger partial charge >= 0.3 is 0 Å². The SMILES string of the molecule is COc1c(N(C)OC)c(=O)c1=O. The standard InChI is InChI=1S/C7H9NO4/c1-8(12-3)4-5(9)6(10)7(4)11-2/h1-3H3. The lowest BCUT2D eigenvalue weighted by molar-refractivity contribution is 0.180. The first-order chi connectivity index (χ1) is 5.63. The van der Waals surface area contributed by atoms with Gasteiger partial charge in [-0.25, -0.2) is 5.06 Å². The molecule has 0 unspecified atom stereocenters. The maximum atomic E-state index is 10.9.